The van der Waals surface area contributed by atoms with Crippen LogP contribution in [-0.2, 0) is 9.53 Å². The van der Waals surface area contributed by atoms with Crippen molar-refractivity contribution < 1.29 is 14.3 Å². The van der Waals surface area contributed by atoms with Crippen molar-refractivity contribution in [1.82, 2.24) is 0 Å². The highest BCUT2D eigenvalue weighted by Gasteiger charge is 2.33. The number of esters is 1. The van der Waals surface area contributed by atoms with E-state index in [1.807, 2.05) is 0 Å². The molecule has 1 aromatic rings. The van der Waals surface area contributed by atoms with E-state index in [1.165, 1.54) is 23.3 Å². The molecule has 7 heteroatoms. The molecule has 2 heterocycles. The van der Waals surface area contributed by atoms with Gasteiger partial charge in [0, 0.05) is 24.4 Å². The van der Waals surface area contributed by atoms with Gasteiger partial charge >= 0.3 is 5.97 Å². The summed E-state index contributed by atoms with van der Waals surface area (Å²) in [5, 5.41) is 1.76. The van der Waals surface area contributed by atoms with Crippen LogP contribution in [0.4, 0.5) is 5.69 Å². The smallest absolute Gasteiger partial charge is 0.350 e. The molecule has 1 aliphatic rings. The summed E-state index contributed by atoms with van der Waals surface area (Å²) in [6, 6.07) is -0.181. The van der Waals surface area contributed by atoms with E-state index in [0.717, 1.165) is 0 Å². The summed E-state index contributed by atoms with van der Waals surface area (Å²) >= 11 is 4.58. The fraction of sp³-hybridized carbons (Fsp3) is 0.400. The zero-order valence-corrected chi connectivity index (χ0v) is 11.5. The van der Waals surface area contributed by atoms with Gasteiger partial charge in [0.05, 0.1) is 17.3 Å². The summed E-state index contributed by atoms with van der Waals surface area (Å²) in [5.41, 5.74) is 6.31. The lowest BCUT2D eigenvalue weighted by Gasteiger charge is -2.16. The van der Waals surface area contributed by atoms with Gasteiger partial charge in [0.15, 0.2) is 0 Å². The maximum atomic E-state index is 11.8. The Balaban J connectivity index is 2.41. The van der Waals surface area contributed by atoms with Crippen molar-refractivity contribution in [3.8, 4) is 0 Å². The number of thiophene rings is 1. The lowest BCUT2D eigenvalue weighted by molar-refractivity contribution is -0.117. The summed E-state index contributed by atoms with van der Waals surface area (Å²) in [4.78, 5) is 25.3. The van der Waals surface area contributed by atoms with Gasteiger partial charge in [0.25, 0.3) is 0 Å². The van der Waals surface area contributed by atoms with Crippen LogP contribution in [0.15, 0.2) is 9.85 Å². The zero-order chi connectivity index (χ0) is 12.6. The first-order valence-electron chi connectivity index (χ1n) is 4.95. The molecule has 92 valence electrons. The Bertz CT molecular complexity index is 474. The van der Waals surface area contributed by atoms with Gasteiger partial charge < -0.3 is 15.4 Å². The third kappa shape index (κ3) is 2.22. The van der Waals surface area contributed by atoms with Crippen LogP contribution in [0.3, 0.4) is 0 Å². The Labute approximate surface area is 111 Å². The maximum absolute atomic E-state index is 11.8. The van der Waals surface area contributed by atoms with Crippen molar-refractivity contribution in [2.45, 2.75) is 12.5 Å². The second-order valence-corrected chi connectivity index (χ2v) is 5.46. The number of rotatable bonds is 2. The third-order valence-electron chi connectivity index (χ3n) is 2.52. The van der Waals surface area contributed by atoms with Crippen molar-refractivity contribution in [2.24, 2.45) is 5.73 Å². The molecule has 17 heavy (non-hydrogen) atoms. The number of hydrogen-bond donors (Lipinski definition) is 1. The largest absolute Gasteiger partial charge is 0.465 e. The molecule has 1 amide bonds. The molecule has 0 radical (unpaired) electrons. The Kier molecular flexibility index (Phi) is 3.50. The van der Waals surface area contributed by atoms with E-state index < -0.39 is 5.97 Å². The van der Waals surface area contributed by atoms with Crippen LogP contribution in [-0.4, -0.2) is 31.6 Å². The lowest BCUT2D eigenvalue weighted by Crippen LogP contribution is -2.29. The van der Waals surface area contributed by atoms with E-state index in [2.05, 4.69) is 15.9 Å². The second kappa shape index (κ2) is 4.75. The fourth-order valence-electron chi connectivity index (χ4n) is 1.77. The minimum Gasteiger partial charge on any atom is -0.465 e. The quantitative estimate of drug-likeness (QED) is 0.836. The average molecular weight is 319 g/mol. The number of halogens is 1. The molecule has 1 unspecified atom stereocenters. The van der Waals surface area contributed by atoms with Crippen LogP contribution in [0.1, 0.15) is 16.1 Å². The van der Waals surface area contributed by atoms with E-state index in [9.17, 15) is 9.59 Å². The predicted molar refractivity (Wildman–Crippen MR) is 68.3 cm³/mol. The predicted octanol–water partition coefficient (Wildman–Crippen LogP) is 1.36. The number of anilines is 1. The molecule has 5 nitrogen and oxygen atoms in total. The lowest BCUT2D eigenvalue weighted by atomic mass is 10.3. The first kappa shape index (κ1) is 12.5. The number of carbonyl (C=O) groups excluding carboxylic acids is 2. The van der Waals surface area contributed by atoms with Crippen molar-refractivity contribution in [3.63, 3.8) is 0 Å². The van der Waals surface area contributed by atoms with E-state index in [-0.39, 0.29) is 11.9 Å². The number of nitrogens with two attached hydrogens (primary N) is 1. The van der Waals surface area contributed by atoms with Gasteiger partial charge in [-0.3, -0.25) is 4.79 Å². The summed E-state index contributed by atoms with van der Waals surface area (Å²) in [7, 11) is 1.32. The normalized spacial score (nSPS) is 19.8. The van der Waals surface area contributed by atoms with Crippen molar-refractivity contribution >= 4 is 44.8 Å². The van der Waals surface area contributed by atoms with Gasteiger partial charge in [-0.25, -0.2) is 4.79 Å². The summed E-state index contributed by atoms with van der Waals surface area (Å²) < 4.78 is 5.41. The highest BCUT2D eigenvalue weighted by atomic mass is 79.9. The molecule has 1 aliphatic heterocycles. The summed E-state index contributed by atoms with van der Waals surface area (Å²) in [6.45, 7) is 0.429. The highest BCUT2D eigenvalue weighted by molar-refractivity contribution is 9.10. The molecule has 2 rings (SSSR count). The van der Waals surface area contributed by atoms with E-state index >= 15 is 0 Å². The standard InChI is InChI=1S/C10H11BrN2O3S/c1-16-10(15)9-8(6(11)4-17-9)13-3-5(12)2-7(13)14/h4-5H,2-3,12H2,1H3. The molecule has 1 atom stereocenters. The van der Waals surface area contributed by atoms with Crippen LogP contribution >= 0.6 is 27.3 Å². The van der Waals surface area contributed by atoms with E-state index in [0.29, 0.717) is 28.0 Å². The topological polar surface area (TPSA) is 72.6 Å². The summed E-state index contributed by atoms with van der Waals surface area (Å²) in [6.07, 6.45) is 0.308. The first-order valence-corrected chi connectivity index (χ1v) is 6.63. The number of ether oxygens (including phenoxy) is 1. The molecule has 1 fully saturated rings. The third-order valence-corrected chi connectivity index (χ3v) is 4.37. The molecule has 0 bridgehead atoms. The fourth-order valence-corrected chi connectivity index (χ4v) is 3.44. The van der Waals surface area contributed by atoms with Gasteiger partial charge in [-0.2, -0.15) is 0 Å². The molecule has 1 saturated heterocycles. The molecule has 2 N–H and O–H groups in total. The molecule has 0 saturated carbocycles. The molecule has 1 aromatic heterocycles. The second-order valence-electron chi connectivity index (χ2n) is 3.72. The Morgan fingerprint density at radius 2 is 2.41 bits per heavy atom. The minimum atomic E-state index is -0.441. The molecular formula is C10H11BrN2O3S. The Morgan fingerprint density at radius 1 is 1.71 bits per heavy atom. The van der Waals surface area contributed by atoms with Gasteiger partial charge in [-0.1, -0.05) is 0 Å². The zero-order valence-electron chi connectivity index (χ0n) is 9.10. The first-order chi connectivity index (χ1) is 8.04. The van der Waals surface area contributed by atoms with Crippen molar-refractivity contribution in [3.05, 3.63) is 14.7 Å². The minimum absolute atomic E-state index is 0.0678. The number of amides is 1. The molecule has 0 aromatic carbocycles. The van der Waals surface area contributed by atoms with Gasteiger partial charge in [0.1, 0.15) is 4.88 Å². The Hall–Kier alpha value is -0.920. The van der Waals surface area contributed by atoms with Crippen LogP contribution in [0.2, 0.25) is 0 Å². The van der Waals surface area contributed by atoms with Gasteiger partial charge in [-0.05, 0) is 15.9 Å². The maximum Gasteiger partial charge on any atom is 0.350 e. The van der Waals surface area contributed by atoms with Crippen LogP contribution < -0.4 is 10.6 Å². The van der Waals surface area contributed by atoms with Crippen LogP contribution in [0.5, 0.6) is 0 Å². The molecular weight excluding hydrogens is 308 g/mol. The number of carbonyl (C=O) groups is 2. The summed E-state index contributed by atoms with van der Waals surface area (Å²) in [5.74, 6) is -0.509. The van der Waals surface area contributed by atoms with Crippen molar-refractivity contribution in [2.75, 3.05) is 18.6 Å². The van der Waals surface area contributed by atoms with Gasteiger partial charge in [-0.15, -0.1) is 11.3 Å². The van der Waals surface area contributed by atoms with Crippen LogP contribution in [0, 0.1) is 0 Å². The van der Waals surface area contributed by atoms with Crippen LogP contribution in [0.25, 0.3) is 0 Å². The number of nitrogens with zero attached hydrogens (tertiary/aromatic N) is 1. The van der Waals surface area contributed by atoms with Gasteiger partial charge in [0.2, 0.25) is 5.91 Å². The number of hydrogen-bond acceptors (Lipinski definition) is 5. The highest BCUT2D eigenvalue weighted by Crippen LogP contribution is 2.38. The molecule has 0 spiro atoms. The Morgan fingerprint density at radius 3 is 2.94 bits per heavy atom. The van der Waals surface area contributed by atoms with Crippen molar-refractivity contribution in [1.29, 1.82) is 0 Å². The number of methoxy groups -OCH3 is 1. The monoisotopic (exact) mass is 318 g/mol. The van der Waals surface area contributed by atoms with E-state index in [1.54, 1.807) is 5.38 Å². The van der Waals surface area contributed by atoms with E-state index in [4.69, 9.17) is 10.5 Å². The average Bonchev–Trinajstić information content (AvgIpc) is 2.80. The SMILES string of the molecule is COC(=O)c1scc(Br)c1N1CC(N)CC1=O. The molecule has 0 aliphatic carbocycles.